The lowest BCUT2D eigenvalue weighted by Gasteiger charge is -2.06. The van der Waals surface area contributed by atoms with Gasteiger partial charge < -0.3 is 5.73 Å². The number of benzene rings is 1. The average molecular weight is 258 g/mol. The van der Waals surface area contributed by atoms with Gasteiger partial charge in [0, 0.05) is 5.25 Å². The van der Waals surface area contributed by atoms with E-state index in [1.165, 1.54) is 0 Å². The number of anilines is 1. The van der Waals surface area contributed by atoms with Gasteiger partial charge in [-0.1, -0.05) is 13.8 Å². The number of thioether (sulfide) groups is 1. The molecule has 0 unspecified atom stereocenters. The molecule has 18 heavy (non-hydrogen) atoms. The second-order valence-electron chi connectivity index (χ2n) is 4.13. The third kappa shape index (κ3) is 2.49. The van der Waals surface area contributed by atoms with Crippen molar-refractivity contribution in [3.63, 3.8) is 0 Å². The van der Waals surface area contributed by atoms with Crippen LogP contribution in [0.3, 0.4) is 0 Å². The fourth-order valence-corrected chi connectivity index (χ4v) is 2.39. The molecule has 0 atom stereocenters. The van der Waals surface area contributed by atoms with Gasteiger partial charge in [0.15, 0.2) is 0 Å². The van der Waals surface area contributed by atoms with Gasteiger partial charge >= 0.3 is 0 Å². The Hall–Kier alpha value is -1.93. The van der Waals surface area contributed by atoms with Crippen LogP contribution in [-0.4, -0.2) is 15.0 Å². The number of hydrogen-bond acceptors (Lipinski definition) is 4. The van der Waals surface area contributed by atoms with Gasteiger partial charge in [-0.25, -0.2) is 4.68 Å². The number of nitrogens with zero attached hydrogens (tertiary/aromatic N) is 3. The van der Waals surface area contributed by atoms with Crippen LogP contribution in [0, 0.1) is 11.3 Å². The van der Waals surface area contributed by atoms with E-state index in [9.17, 15) is 0 Å². The van der Waals surface area contributed by atoms with E-state index < -0.39 is 0 Å². The van der Waals surface area contributed by atoms with E-state index in [0.29, 0.717) is 16.6 Å². The molecule has 0 spiro atoms. The molecule has 0 amide bonds. The lowest BCUT2D eigenvalue weighted by molar-refractivity contribution is 0.891. The molecule has 0 saturated heterocycles. The number of rotatable bonds is 3. The third-order valence-electron chi connectivity index (χ3n) is 2.37. The van der Waals surface area contributed by atoms with Crippen LogP contribution in [0.25, 0.3) is 5.69 Å². The lowest BCUT2D eigenvalue weighted by Crippen LogP contribution is -2.02. The molecule has 92 valence electrons. The van der Waals surface area contributed by atoms with Crippen molar-refractivity contribution in [3.05, 3.63) is 36.0 Å². The van der Waals surface area contributed by atoms with E-state index in [1.807, 2.05) is 12.1 Å². The zero-order valence-corrected chi connectivity index (χ0v) is 11.1. The van der Waals surface area contributed by atoms with Crippen molar-refractivity contribution >= 4 is 17.6 Å². The standard InChI is InChI=1S/C13H14N4S/c1-9(2)18-12-8-16-17(13(12)15)11-5-3-10(7-14)4-6-11/h3-6,8-9H,15H2,1-2H3. The first kappa shape index (κ1) is 12.5. The predicted molar refractivity (Wildman–Crippen MR) is 73.7 cm³/mol. The lowest BCUT2D eigenvalue weighted by atomic mass is 10.2. The Labute approximate surface area is 110 Å². The summed E-state index contributed by atoms with van der Waals surface area (Å²) in [4.78, 5) is 0.981. The quantitative estimate of drug-likeness (QED) is 0.860. The summed E-state index contributed by atoms with van der Waals surface area (Å²) in [6, 6.07) is 9.28. The molecule has 2 rings (SSSR count). The van der Waals surface area contributed by atoms with Crippen LogP contribution in [-0.2, 0) is 0 Å². The van der Waals surface area contributed by atoms with Crippen molar-refractivity contribution in [1.29, 1.82) is 5.26 Å². The van der Waals surface area contributed by atoms with Crippen LogP contribution < -0.4 is 5.73 Å². The summed E-state index contributed by atoms with van der Waals surface area (Å²) in [5.41, 5.74) is 7.56. The Morgan fingerprint density at radius 2 is 2.00 bits per heavy atom. The first-order valence-electron chi connectivity index (χ1n) is 5.62. The van der Waals surface area contributed by atoms with Crippen molar-refractivity contribution in [1.82, 2.24) is 9.78 Å². The molecule has 0 aliphatic heterocycles. The van der Waals surface area contributed by atoms with Crippen LogP contribution in [0.1, 0.15) is 19.4 Å². The summed E-state index contributed by atoms with van der Waals surface area (Å²) < 4.78 is 1.69. The molecule has 0 aliphatic rings. The van der Waals surface area contributed by atoms with E-state index in [2.05, 4.69) is 25.0 Å². The summed E-state index contributed by atoms with van der Waals surface area (Å²) in [6.07, 6.45) is 1.78. The van der Waals surface area contributed by atoms with Gasteiger partial charge in [-0.2, -0.15) is 10.4 Å². The molecule has 0 fully saturated rings. The molecule has 4 nitrogen and oxygen atoms in total. The summed E-state index contributed by atoms with van der Waals surface area (Å²) in [5.74, 6) is 0.637. The highest BCUT2D eigenvalue weighted by Gasteiger charge is 2.10. The van der Waals surface area contributed by atoms with Gasteiger partial charge in [-0.3, -0.25) is 0 Å². The highest BCUT2D eigenvalue weighted by Crippen LogP contribution is 2.29. The topological polar surface area (TPSA) is 67.6 Å². The maximum atomic E-state index is 8.76. The largest absolute Gasteiger partial charge is 0.383 e. The minimum atomic E-state index is 0.464. The molecule has 2 aromatic rings. The minimum absolute atomic E-state index is 0.464. The zero-order chi connectivity index (χ0) is 13.1. The Morgan fingerprint density at radius 1 is 1.33 bits per heavy atom. The van der Waals surface area contributed by atoms with E-state index in [1.54, 1.807) is 34.8 Å². The molecular weight excluding hydrogens is 244 g/mol. The van der Waals surface area contributed by atoms with Crippen molar-refractivity contribution in [3.8, 4) is 11.8 Å². The van der Waals surface area contributed by atoms with Crippen LogP contribution in [0.5, 0.6) is 0 Å². The van der Waals surface area contributed by atoms with Crippen molar-refractivity contribution < 1.29 is 0 Å². The number of aromatic nitrogens is 2. The van der Waals surface area contributed by atoms with Gasteiger partial charge in [-0.15, -0.1) is 11.8 Å². The number of nitrogens with two attached hydrogens (primary N) is 1. The first-order chi connectivity index (χ1) is 8.61. The minimum Gasteiger partial charge on any atom is -0.383 e. The predicted octanol–water partition coefficient (Wildman–Crippen LogP) is 2.83. The van der Waals surface area contributed by atoms with Gasteiger partial charge in [0.2, 0.25) is 0 Å². The van der Waals surface area contributed by atoms with E-state index in [0.717, 1.165) is 10.6 Å². The Balaban J connectivity index is 2.33. The van der Waals surface area contributed by atoms with Crippen molar-refractivity contribution in [2.45, 2.75) is 24.0 Å². The molecule has 0 bridgehead atoms. The van der Waals surface area contributed by atoms with Gasteiger partial charge in [-0.05, 0) is 24.3 Å². The highest BCUT2D eigenvalue weighted by atomic mass is 32.2. The van der Waals surface area contributed by atoms with Crippen molar-refractivity contribution in [2.24, 2.45) is 0 Å². The summed E-state index contributed by atoms with van der Waals surface area (Å²) in [7, 11) is 0. The third-order valence-corrected chi connectivity index (χ3v) is 3.41. The Bertz CT molecular complexity index is 578. The summed E-state index contributed by atoms with van der Waals surface area (Å²) in [5, 5.41) is 13.5. The summed E-state index contributed by atoms with van der Waals surface area (Å²) in [6.45, 7) is 4.23. The first-order valence-corrected chi connectivity index (χ1v) is 6.50. The number of hydrogen-bond donors (Lipinski definition) is 1. The Morgan fingerprint density at radius 3 is 2.56 bits per heavy atom. The number of nitriles is 1. The van der Waals surface area contributed by atoms with E-state index in [-0.39, 0.29) is 0 Å². The van der Waals surface area contributed by atoms with Crippen molar-refractivity contribution in [2.75, 3.05) is 5.73 Å². The van der Waals surface area contributed by atoms with E-state index in [4.69, 9.17) is 11.0 Å². The van der Waals surface area contributed by atoms with Crippen LogP contribution in [0.4, 0.5) is 5.82 Å². The zero-order valence-electron chi connectivity index (χ0n) is 10.3. The normalized spacial score (nSPS) is 10.6. The molecule has 5 heteroatoms. The maximum Gasteiger partial charge on any atom is 0.140 e. The van der Waals surface area contributed by atoms with Gasteiger partial charge in [0.05, 0.1) is 28.4 Å². The number of nitrogen functional groups attached to an aromatic ring is 1. The van der Waals surface area contributed by atoms with E-state index >= 15 is 0 Å². The fourth-order valence-electron chi connectivity index (χ4n) is 1.57. The summed E-state index contributed by atoms with van der Waals surface area (Å²) >= 11 is 1.69. The molecule has 0 saturated carbocycles. The molecular formula is C13H14N4S. The molecule has 1 aromatic carbocycles. The van der Waals surface area contributed by atoms with Gasteiger partial charge in [0.1, 0.15) is 5.82 Å². The van der Waals surface area contributed by atoms with Crippen LogP contribution >= 0.6 is 11.8 Å². The average Bonchev–Trinajstić information content (AvgIpc) is 2.71. The fraction of sp³-hybridized carbons (Fsp3) is 0.231. The SMILES string of the molecule is CC(C)Sc1cnn(-c2ccc(C#N)cc2)c1N. The highest BCUT2D eigenvalue weighted by molar-refractivity contribution is 8.00. The van der Waals surface area contributed by atoms with Crippen LogP contribution in [0.15, 0.2) is 35.4 Å². The molecule has 0 radical (unpaired) electrons. The monoisotopic (exact) mass is 258 g/mol. The molecule has 1 aromatic heterocycles. The maximum absolute atomic E-state index is 8.76. The second kappa shape index (κ2) is 5.15. The molecule has 2 N–H and O–H groups in total. The smallest absolute Gasteiger partial charge is 0.140 e. The van der Waals surface area contributed by atoms with Crippen LogP contribution in [0.2, 0.25) is 0 Å². The second-order valence-corrected chi connectivity index (χ2v) is 5.75. The van der Waals surface area contributed by atoms with Gasteiger partial charge in [0.25, 0.3) is 0 Å². The molecule has 1 heterocycles. The Kier molecular flexibility index (Phi) is 3.58. The molecule has 0 aliphatic carbocycles.